The Hall–Kier alpha value is -0.310. The Kier molecular flexibility index (Phi) is 3.19. The van der Waals surface area contributed by atoms with Crippen molar-refractivity contribution in [1.82, 2.24) is 9.55 Å². The van der Waals surface area contributed by atoms with Crippen LogP contribution >= 0.6 is 15.9 Å². The molecule has 0 bridgehead atoms. The van der Waals surface area contributed by atoms with Gasteiger partial charge in [0.05, 0.1) is 0 Å². The molecule has 3 heteroatoms. The fourth-order valence-electron chi connectivity index (χ4n) is 2.33. The minimum Gasteiger partial charge on any atom is -0.334 e. The smallest absolute Gasteiger partial charge is 0.111 e. The fraction of sp³-hybridized carbons (Fsp3) is 0.750. The Morgan fingerprint density at radius 2 is 2.27 bits per heavy atom. The van der Waals surface area contributed by atoms with Crippen LogP contribution < -0.4 is 0 Å². The monoisotopic (exact) mass is 270 g/mol. The van der Waals surface area contributed by atoms with Crippen LogP contribution in [0.5, 0.6) is 0 Å². The lowest BCUT2D eigenvalue weighted by atomic mass is 9.70. The second-order valence-corrected chi connectivity index (χ2v) is 5.62. The second kappa shape index (κ2) is 4.28. The van der Waals surface area contributed by atoms with E-state index in [-0.39, 0.29) is 0 Å². The summed E-state index contributed by atoms with van der Waals surface area (Å²) >= 11 is 3.66. The van der Waals surface area contributed by atoms with Gasteiger partial charge in [-0.2, -0.15) is 0 Å². The maximum atomic E-state index is 4.44. The minimum atomic E-state index is 0.504. The molecule has 1 heterocycles. The molecular formula is C12H19BrN2. The largest absolute Gasteiger partial charge is 0.334 e. The first kappa shape index (κ1) is 11.2. The lowest BCUT2D eigenvalue weighted by Crippen LogP contribution is -2.36. The molecule has 0 aliphatic heterocycles. The molecule has 84 valence electrons. The third-order valence-corrected chi connectivity index (χ3v) is 4.66. The maximum absolute atomic E-state index is 4.44. The van der Waals surface area contributed by atoms with E-state index in [1.165, 1.54) is 25.1 Å². The molecule has 0 aromatic carbocycles. The third-order valence-electron chi connectivity index (χ3n) is 3.47. The highest BCUT2D eigenvalue weighted by atomic mass is 79.9. The van der Waals surface area contributed by atoms with Crippen LogP contribution in [0.3, 0.4) is 0 Å². The summed E-state index contributed by atoms with van der Waals surface area (Å²) in [4.78, 5) is 4.44. The number of hydrogen-bond donors (Lipinski definition) is 0. The van der Waals surface area contributed by atoms with E-state index in [1.54, 1.807) is 0 Å². The first-order valence-electron chi connectivity index (χ1n) is 5.74. The molecule has 1 aliphatic carbocycles. The zero-order valence-electron chi connectivity index (χ0n) is 9.54. The van der Waals surface area contributed by atoms with Gasteiger partial charge < -0.3 is 4.57 Å². The standard InChI is InChI=1S/C12H19BrN2/c1-10(2)11-14-6-7-15(11)9-12(8-13)4-3-5-12/h6-7,10H,3-5,8-9H2,1-2H3. The summed E-state index contributed by atoms with van der Waals surface area (Å²) in [5.41, 5.74) is 0.504. The molecule has 2 rings (SSSR count). The second-order valence-electron chi connectivity index (χ2n) is 5.06. The molecule has 0 spiro atoms. The predicted octanol–water partition coefficient (Wildman–Crippen LogP) is 3.57. The van der Waals surface area contributed by atoms with E-state index in [0.717, 1.165) is 11.9 Å². The summed E-state index contributed by atoms with van der Waals surface area (Å²) in [5, 5.41) is 1.12. The van der Waals surface area contributed by atoms with Crippen LogP contribution in [-0.4, -0.2) is 14.9 Å². The van der Waals surface area contributed by atoms with Gasteiger partial charge in [-0.05, 0) is 18.3 Å². The first-order chi connectivity index (χ1) is 7.17. The normalized spacial score (nSPS) is 19.2. The van der Waals surface area contributed by atoms with Crippen LogP contribution in [0, 0.1) is 5.41 Å². The molecule has 1 aromatic heterocycles. The molecule has 1 aliphatic rings. The van der Waals surface area contributed by atoms with E-state index in [1.807, 2.05) is 6.20 Å². The van der Waals surface area contributed by atoms with Crippen molar-refractivity contribution in [2.24, 2.45) is 5.41 Å². The fourth-order valence-corrected chi connectivity index (χ4v) is 3.07. The lowest BCUT2D eigenvalue weighted by Gasteiger charge is -2.41. The molecule has 0 atom stereocenters. The van der Waals surface area contributed by atoms with E-state index in [2.05, 4.69) is 45.5 Å². The molecule has 1 fully saturated rings. The molecule has 0 saturated heterocycles. The highest BCUT2D eigenvalue weighted by Crippen LogP contribution is 2.44. The number of hydrogen-bond acceptors (Lipinski definition) is 1. The predicted molar refractivity (Wildman–Crippen MR) is 66.4 cm³/mol. The Bertz CT molecular complexity index is 321. The summed E-state index contributed by atoms with van der Waals surface area (Å²) in [7, 11) is 0. The Labute approximate surface area is 100 Å². The van der Waals surface area contributed by atoms with Crippen LogP contribution in [0.25, 0.3) is 0 Å². The van der Waals surface area contributed by atoms with E-state index in [9.17, 15) is 0 Å². The van der Waals surface area contributed by atoms with Gasteiger partial charge in [-0.25, -0.2) is 4.98 Å². The van der Waals surface area contributed by atoms with Gasteiger partial charge in [-0.1, -0.05) is 36.2 Å². The highest BCUT2D eigenvalue weighted by molar-refractivity contribution is 9.09. The van der Waals surface area contributed by atoms with E-state index < -0.39 is 0 Å². The first-order valence-corrected chi connectivity index (χ1v) is 6.86. The van der Waals surface area contributed by atoms with E-state index >= 15 is 0 Å². The van der Waals surface area contributed by atoms with Crippen molar-refractivity contribution in [3.8, 4) is 0 Å². The third kappa shape index (κ3) is 2.12. The molecule has 0 N–H and O–H groups in total. The van der Waals surface area contributed by atoms with Gasteiger partial charge in [0.1, 0.15) is 5.82 Å². The molecule has 2 nitrogen and oxygen atoms in total. The topological polar surface area (TPSA) is 17.8 Å². The van der Waals surface area contributed by atoms with Crippen molar-refractivity contribution >= 4 is 15.9 Å². The zero-order chi connectivity index (χ0) is 10.9. The lowest BCUT2D eigenvalue weighted by molar-refractivity contribution is 0.138. The van der Waals surface area contributed by atoms with Crippen LogP contribution in [0.2, 0.25) is 0 Å². The van der Waals surface area contributed by atoms with Gasteiger partial charge in [-0.3, -0.25) is 0 Å². The number of nitrogens with zero attached hydrogens (tertiary/aromatic N) is 2. The van der Waals surface area contributed by atoms with Gasteiger partial charge in [0.2, 0.25) is 0 Å². The minimum absolute atomic E-state index is 0.504. The molecular weight excluding hydrogens is 252 g/mol. The summed E-state index contributed by atoms with van der Waals surface area (Å²) in [6.07, 6.45) is 8.15. The van der Waals surface area contributed by atoms with Crippen molar-refractivity contribution in [2.75, 3.05) is 5.33 Å². The number of alkyl halides is 1. The van der Waals surface area contributed by atoms with Crippen LogP contribution in [-0.2, 0) is 6.54 Å². The van der Waals surface area contributed by atoms with E-state index in [0.29, 0.717) is 11.3 Å². The van der Waals surface area contributed by atoms with Crippen molar-refractivity contribution in [3.63, 3.8) is 0 Å². The van der Waals surface area contributed by atoms with Gasteiger partial charge in [-0.15, -0.1) is 0 Å². The number of aromatic nitrogens is 2. The van der Waals surface area contributed by atoms with Gasteiger partial charge in [0.25, 0.3) is 0 Å². The molecule has 1 aromatic rings. The molecule has 0 amide bonds. The molecule has 0 unspecified atom stereocenters. The highest BCUT2D eigenvalue weighted by Gasteiger charge is 2.36. The van der Waals surface area contributed by atoms with Crippen molar-refractivity contribution in [1.29, 1.82) is 0 Å². The Morgan fingerprint density at radius 3 is 2.73 bits per heavy atom. The molecule has 1 saturated carbocycles. The Balaban J connectivity index is 2.13. The van der Waals surface area contributed by atoms with Crippen LogP contribution in [0.1, 0.15) is 44.9 Å². The average Bonchev–Trinajstić information content (AvgIpc) is 2.59. The molecule has 0 radical (unpaired) electrons. The molecule has 15 heavy (non-hydrogen) atoms. The number of rotatable bonds is 4. The maximum Gasteiger partial charge on any atom is 0.111 e. The average molecular weight is 271 g/mol. The van der Waals surface area contributed by atoms with Gasteiger partial charge >= 0.3 is 0 Å². The Morgan fingerprint density at radius 1 is 1.53 bits per heavy atom. The zero-order valence-corrected chi connectivity index (χ0v) is 11.1. The van der Waals surface area contributed by atoms with Gasteiger partial charge in [0.15, 0.2) is 0 Å². The van der Waals surface area contributed by atoms with Crippen LogP contribution in [0.4, 0.5) is 0 Å². The van der Waals surface area contributed by atoms with E-state index in [4.69, 9.17) is 0 Å². The van der Waals surface area contributed by atoms with Crippen molar-refractivity contribution < 1.29 is 0 Å². The van der Waals surface area contributed by atoms with Crippen molar-refractivity contribution in [3.05, 3.63) is 18.2 Å². The summed E-state index contributed by atoms with van der Waals surface area (Å²) in [6.45, 7) is 5.55. The van der Waals surface area contributed by atoms with Crippen LogP contribution in [0.15, 0.2) is 12.4 Å². The summed E-state index contributed by atoms with van der Waals surface area (Å²) < 4.78 is 2.34. The summed E-state index contributed by atoms with van der Waals surface area (Å²) in [5.74, 6) is 1.75. The SMILES string of the molecule is CC(C)c1nccn1CC1(CBr)CCC1. The summed E-state index contributed by atoms with van der Waals surface area (Å²) in [6, 6.07) is 0. The number of imidazole rings is 1. The van der Waals surface area contributed by atoms with Crippen molar-refractivity contribution in [2.45, 2.75) is 45.6 Å². The van der Waals surface area contributed by atoms with Gasteiger partial charge in [0, 0.05) is 30.2 Å². The quantitative estimate of drug-likeness (QED) is 0.765. The number of halogens is 1.